The Balaban J connectivity index is 1.37. The van der Waals surface area contributed by atoms with Crippen molar-refractivity contribution in [3.63, 3.8) is 0 Å². The van der Waals surface area contributed by atoms with Gasteiger partial charge in [-0.15, -0.1) is 11.3 Å². The van der Waals surface area contributed by atoms with Gasteiger partial charge in [0.15, 0.2) is 11.5 Å². The molecule has 2 aromatic heterocycles. The highest BCUT2D eigenvalue weighted by Crippen LogP contribution is 2.28. The number of aliphatic carboxylic acids is 1. The van der Waals surface area contributed by atoms with Crippen molar-refractivity contribution < 1.29 is 28.8 Å². The number of aromatic nitrogens is 3. The van der Waals surface area contributed by atoms with Crippen molar-refractivity contribution in [3.05, 3.63) is 58.4 Å². The van der Waals surface area contributed by atoms with Crippen LogP contribution in [0.2, 0.25) is 0 Å². The highest BCUT2D eigenvalue weighted by Gasteiger charge is 2.17. The second-order valence-electron chi connectivity index (χ2n) is 6.01. The van der Waals surface area contributed by atoms with E-state index in [0.29, 0.717) is 27.4 Å². The Labute approximate surface area is 173 Å². The van der Waals surface area contributed by atoms with Gasteiger partial charge in [-0.1, -0.05) is 12.1 Å². The van der Waals surface area contributed by atoms with Crippen LogP contribution in [-0.4, -0.2) is 38.9 Å². The maximum atomic E-state index is 12.6. The molecule has 2 N–H and O–H groups in total. The monoisotopic (exact) mass is 426 g/mol. The van der Waals surface area contributed by atoms with E-state index in [0.717, 1.165) is 16.9 Å². The number of hydrogen-bond donors (Lipinski definition) is 2. The molecular formula is C19H14N4O6S. The molecule has 4 rings (SSSR count). The van der Waals surface area contributed by atoms with Gasteiger partial charge >= 0.3 is 5.97 Å². The van der Waals surface area contributed by atoms with Gasteiger partial charge in [-0.05, 0) is 40.1 Å². The van der Waals surface area contributed by atoms with Crippen LogP contribution in [0.3, 0.4) is 0 Å². The molecule has 0 spiro atoms. The number of hydrogen-bond acceptors (Lipinski definition) is 9. The molecule has 0 atom stereocenters. The topological polar surface area (TPSA) is 137 Å². The van der Waals surface area contributed by atoms with Crippen LogP contribution in [0.1, 0.15) is 15.2 Å². The van der Waals surface area contributed by atoms with E-state index >= 15 is 0 Å². The fourth-order valence-electron chi connectivity index (χ4n) is 2.51. The maximum absolute atomic E-state index is 12.6. The number of benzene rings is 2. The zero-order valence-corrected chi connectivity index (χ0v) is 16.1. The fourth-order valence-corrected chi connectivity index (χ4v) is 3.14. The number of fused-ring (bicyclic) bond motifs is 1. The first kappa shape index (κ1) is 19.3. The summed E-state index contributed by atoms with van der Waals surface area (Å²) in [5, 5.41) is 18.9. The average Bonchev–Trinajstić information content (AvgIpc) is 3.40. The van der Waals surface area contributed by atoms with Crippen LogP contribution in [0, 0.1) is 0 Å². The molecule has 2 aromatic carbocycles. The van der Waals surface area contributed by atoms with Crippen LogP contribution in [0.5, 0.6) is 17.4 Å². The van der Waals surface area contributed by atoms with Gasteiger partial charge in [-0.3, -0.25) is 4.79 Å². The van der Waals surface area contributed by atoms with Crippen molar-refractivity contribution in [2.24, 2.45) is 0 Å². The second-order valence-corrected chi connectivity index (χ2v) is 6.87. The van der Waals surface area contributed by atoms with Crippen molar-refractivity contribution in [2.45, 2.75) is 6.54 Å². The normalized spacial score (nSPS) is 10.7. The quantitative estimate of drug-likeness (QED) is 0.436. The van der Waals surface area contributed by atoms with Crippen LogP contribution in [0.4, 0.5) is 0 Å². The predicted octanol–water partition coefficient (Wildman–Crippen LogP) is 2.87. The molecule has 0 bridgehead atoms. The van der Waals surface area contributed by atoms with Gasteiger partial charge in [0, 0.05) is 12.6 Å². The molecule has 0 fully saturated rings. The molecule has 0 radical (unpaired) electrons. The van der Waals surface area contributed by atoms with Crippen LogP contribution in [0.25, 0.3) is 11.0 Å². The standard InChI is InChI=1S/C19H14N4O6S/c24-16(25)9-27-12-3-1-11(2-4-12)8-20-18(26)17-19(21-10-30-17)28-13-5-6-14-15(7-13)23-29-22-14/h1-7,10H,8-9H2,(H,20,26)(H,24,25). The highest BCUT2D eigenvalue weighted by atomic mass is 32.1. The first-order valence-electron chi connectivity index (χ1n) is 8.64. The Hall–Kier alpha value is -3.99. The van der Waals surface area contributed by atoms with Crippen LogP contribution in [-0.2, 0) is 11.3 Å². The summed E-state index contributed by atoms with van der Waals surface area (Å²) in [6.07, 6.45) is 0. The fraction of sp³-hybridized carbons (Fsp3) is 0.105. The molecule has 11 heteroatoms. The Kier molecular flexibility index (Phi) is 5.52. The first-order chi connectivity index (χ1) is 14.6. The van der Waals surface area contributed by atoms with E-state index < -0.39 is 12.6 Å². The van der Waals surface area contributed by atoms with Crippen molar-refractivity contribution in [2.75, 3.05) is 6.61 Å². The maximum Gasteiger partial charge on any atom is 0.341 e. The summed E-state index contributed by atoms with van der Waals surface area (Å²) in [7, 11) is 0. The Bertz CT molecular complexity index is 1190. The molecule has 0 saturated carbocycles. The lowest BCUT2D eigenvalue weighted by molar-refractivity contribution is -0.139. The van der Waals surface area contributed by atoms with Gasteiger partial charge < -0.3 is 19.9 Å². The first-order valence-corrected chi connectivity index (χ1v) is 9.52. The zero-order valence-electron chi connectivity index (χ0n) is 15.3. The van der Waals surface area contributed by atoms with Gasteiger partial charge in [-0.2, -0.15) is 0 Å². The summed E-state index contributed by atoms with van der Waals surface area (Å²) in [4.78, 5) is 27.5. The van der Waals surface area contributed by atoms with E-state index in [1.165, 1.54) is 5.51 Å². The third kappa shape index (κ3) is 4.52. The molecule has 1 amide bonds. The molecule has 0 aliphatic rings. The smallest absolute Gasteiger partial charge is 0.341 e. The van der Waals surface area contributed by atoms with Gasteiger partial charge in [0.1, 0.15) is 22.5 Å². The minimum Gasteiger partial charge on any atom is -0.482 e. The van der Waals surface area contributed by atoms with Crippen molar-refractivity contribution in [1.29, 1.82) is 0 Å². The summed E-state index contributed by atoms with van der Waals surface area (Å²) < 4.78 is 15.5. The summed E-state index contributed by atoms with van der Waals surface area (Å²) in [6.45, 7) is -0.143. The molecule has 0 saturated heterocycles. The number of amides is 1. The van der Waals surface area contributed by atoms with Gasteiger partial charge in [0.05, 0.1) is 5.51 Å². The lowest BCUT2D eigenvalue weighted by Crippen LogP contribution is -2.22. The molecule has 0 unspecified atom stereocenters. The zero-order chi connectivity index (χ0) is 20.9. The lowest BCUT2D eigenvalue weighted by atomic mass is 10.2. The van der Waals surface area contributed by atoms with E-state index in [4.69, 9.17) is 14.6 Å². The van der Waals surface area contributed by atoms with Crippen molar-refractivity contribution >= 4 is 34.2 Å². The Morgan fingerprint density at radius 1 is 1.07 bits per heavy atom. The summed E-state index contributed by atoms with van der Waals surface area (Å²) in [6, 6.07) is 11.8. The number of nitrogens with one attached hydrogen (secondary N) is 1. The third-order valence-electron chi connectivity index (χ3n) is 3.92. The lowest BCUT2D eigenvalue weighted by Gasteiger charge is -2.08. The molecule has 10 nitrogen and oxygen atoms in total. The molecule has 2 heterocycles. The number of ether oxygens (including phenoxy) is 2. The average molecular weight is 426 g/mol. The second kappa shape index (κ2) is 8.57. The predicted molar refractivity (Wildman–Crippen MR) is 105 cm³/mol. The number of rotatable bonds is 8. The molecule has 30 heavy (non-hydrogen) atoms. The molecule has 152 valence electrons. The van der Waals surface area contributed by atoms with E-state index in [9.17, 15) is 9.59 Å². The minimum atomic E-state index is -1.05. The summed E-state index contributed by atoms with van der Waals surface area (Å²) in [5.41, 5.74) is 3.47. The van der Waals surface area contributed by atoms with Gasteiger partial charge in [-0.25, -0.2) is 14.4 Å². The van der Waals surface area contributed by atoms with Crippen LogP contribution < -0.4 is 14.8 Å². The molecule has 4 aromatic rings. The molecule has 0 aliphatic heterocycles. The number of carbonyl (C=O) groups is 2. The number of carbonyl (C=O) groups excluding carboxylic acids is 1. The van der Waals surface area contributed by atoms with E-state index in [1.807, 2.05) is 0 Å². The number of thiazole rings is 1. The molecule has 0 aliphatic carbocycles. The van der Waals surface area contributed by atoms with E-state index in [2.05, 4.69) is 25.2 Å². The van der Waals surface area contributed by atoms with E-state index in [1.54, 1.807) is 42.5 Å². The van der Waals surface area contributed by atoms with Gasteiger partial charge in [0.25, 0.3) is 5.91 Å². The van der Waals surface area contributed by atoms with E-state index in [-0.39, 0.29) is 18.3 Å². The number of carboxylic acid groups (broad SMARTS) is 1. The summed E-state index contributed by atoms with van der Waals surface area (Å²) >= 11 is 1.16. The largest absolute Gasteiger partial charge is 0.482 e. The Morgan fingerprint density at radius 2 is 1.83 bits per heavy atom. The van der Waals surface area contributed by atoms with Crippen molar-refractivity contribution in [3.8, 4) is 17.4 Å². The number of carboxylic acids is 1. The van der Waals surface area contributed by atoms with Crippen LogP contribution in [0.15, 0.2) is 52.6 Å². The Morgan fingerprint density at radius 3 is 2.63 bits per heavy atom. The SMILES string of the molecule is O=C(O)COc1ccc(CNC(=O)c2scnc2Oc2ccc3nonc3c2)cc1. The highest BCUT2D eigenvalue weighted by molar-refractivity contribution is 7.12. The summed E-state index contributed by atoms with van der Waals surface area (Å²) in [5.74, 6) is -0.305. The number of nitrogens with zero attached hydrogens (tertiary/aromatic N) is 3. The molecular weight excluding hydrogens is 412 g/mol. The third-order valence-corrected chi connectivity index (χ3v) is 4.73. The van der Waals surface area contributed by atoms with Crippen molar-refractivity contribution in [1.82, 2.24) is 20.6 Å². The van der Waals surface area contributed by atoms with Gasteiger partial charge in [0.2, 0.25) is 5.88 Å². The minimum absolute atomic E-state index is 0.186. The van der Waals surface area contributed by atoms with Crippen LogP contribution >= 0.6 is 11.3 Å².